The van der Waals surface area contributed by atoms with Gasteiger partial charge in [-0.3, -0.25) is 14.4 Å². The molecule has 1 atom stereocenters. The molecular formula is C73H126O6. The minimum atomic E-state index is -0.781. The summed E-state index contributed by atoms with van der Waals surface area (Å²) in [4.78, 5) is 38.3. The van der Waals surface area contributed by atoms with Crippen molar-refractivity contribution in [2.45, 2.75) is 335 Å². The fourth-order valence-corrected chi connectivity index (χ4v) is 9.55. The fraction of sp³-hybridized carbons (Fsp3) is 0.740. The molecule has 0 fully saturated rings. The van der Waals surface area contributed by atoms with Gasteiger partial charge in [-0.2, -0.15) is 0 Å². The Morgan fingerprint density at radius 3 is 0.823 bits per heavy atom. The molecule has 0 aromatic carbocycles. The Balaban J connectivity index is 4.17. The van der Waals surface area contributed by atoms with Crippen LogP contribution in [0.25, 0.3) is 0 Å². The van der Waals surface area contributed by atoms with Crippen LogP contribution in [0.15, 0.2) is 97.2 Å². The standard InChI is InChI=1S/C73H126O6/c1-4-7-10-13-16-19-22-25-27-28-29-30-31-32-33-34-35-36-37-38-39-40-41-42-43-44-46-48-51-54-57-60-63-66-72(75)78-69-70(68-77-71(74)65-62-59-56-53-50-47-24-21-18-15-12-9-6-3)79-73(76)67-64-61-58-55-52-49-45-26-23-20-17-14-11-8-5-2/h7,10,12,15-16,19,21,24-25,27,29-30,32-33,35-36,70H,4-6,8-9,11,13-14,17-18,20,22-23,26,28,31,34,37-69H2,1-3H3/b10-7-,15-12-,19-16-,24-21-,27-25-,30-29-,33-32-,36-35-. The highest BCUT2D eigenvalue weighted by Crippen LogP contribution is 2.17. The van der Waals surface area contributed by atoms with Crippen LogP contribution in [0.1, 0.15) is 329 Å². The lowest BCUT2D eigenvalue weighted by molar-refractivity contribution is -0.167. The molecule has 0 aromatic rings. The summed E-state index contributed by atoms with van der Waals surface area (Å²) in [5, 5.41) is 0. The van der Waals surface area contributed by atoms with Crippen molar-refractivity contribution in [2.75, 3.05) is 13.2 Å². The SMILES string of the molecule is CC/C=C\C/C=C\C/C=C\C/C=C\C/C=C\C/C=C\CCCCCCCCCCCCCCCCC(=O)OCC(COC(=O)CCCCCCC/C=C\C/C=C\CCC)OC(=O)CCCCCCCCCCCCCCCCC. The van der Waals surface area contributed by atoms with E-state index in [-0.39, 0.29) is 31.1 Å². The number of hydrogen-bond donors (Lipinski definition) is 0. The zero-order valence-corrected chi connectivity index (χ0v) is 52.1. The number of hydrogen-bond acceptors (Lipinski definition) is 6. The number of allylic oxidation sites excluding steroid dienone is 16. The monoisotopic (exact) mass is 1100 g/mol. The highest BCUT2D eigenvalue weighted by atomic mass is 16.6. The number of rotatable bonds is 61. The van der Waals surface area contributed by atoms with E-state index in [0.717, 1.165) is 122 Å². The largest absolute Gasteiger partial charge is 0.462 e. The van der Waals surface area contributed by atoms with Crippen molar-refractivity contribution in [1.82, 2.24) is 0 Å². The van der Waals surface area contributed by atoms with Gasteiger partial charge in [-0.05, 0) is 96.3 Å². The minimum absolute atomic E-state index is 0.0781. The van der Waals surface area contributed by atoms with Gasteiger partial charge in [0.15, 0.2) is 6.10 Å². The molecule has 0 rings (SSSR count). The first-order valence-corrected chi connectivity index (χ1v) is 33.7. The van der Waals surface area contributed by atoms with Crippen LogP contribution in [0.2, 0.25) is 0 Å². The van der Waals surface area contributed by atoms with E-state index >= 15 is 0 Å². The van der Waals surface area contributed by atoms with E-state index in [1.165, 1.54) is 167 Å². The lowest BCUT2D eigenvalue weighted by Gasteiger charge is -2.18. The number of esters is 3. The maximum absolute atomic E-state index is 12.9. The number of carbonyl (C=O) groups is 3. The molecule has 0 aliphatic carbocycles. The van der Waals surface area contributed by atoms with Gasteiger partial charge in [-0.25, -0.2) is 0 Å². The van der Waals surface area contributed by atoms with Gasteiger partial charge in [0.1, 0.15) is 13.2 Å². The van der Waals surface area contributed by atoms with Crippen molar-refractivity contribution in [3.05, 3.63) is 97.2 Å². The van der Waals surface area contributed by atoms with Crippen LogP contribution >= 0.6 is 0 Å². The number of unbranched alkanes of at least 4 members (excludes halogenated alkanes) is 34. The molecule has 0 amide bonds. The molecule has 0 spiro atoms. The molecule has 0 bridgehead atoms. The second-order valence-electron chi connectivity index (χ2n) is 22.4. The first kappa shape index (κ1) is 75.3. The van der Waals surface area contributed by atoms with Crippen LogP contribution in [0, 0.1) is 0 Å². The van der Waals surface area contributed by atoms with Gasteiger partial charge in [0, 0.05) is 19.3 Å². The van der Waals surface area contributed by atoms with E-state index in [1.807, 2.05) is 0 Å². The average Bonchev–Trinajstić information content (AvgIpc) is 3.45. The van der Waals surface area contributed by atoms with Crippen LogP contribution in [0.5, 0.6) is 0 Å². The molecule has 1 unspecified atom stereocenters. The third kappa shape index (κ3) is 65.0. The molecule has 6 heteroatoms. The van der Waals surface area contributed by atoms with E-state index in [9.17, 15) is 14.4 Å². The Morgan fingerprint density at radius 1 is 0.266 bits per heavy atom. The lowest BCUT2D eigenvalue weighted by atomic mass is 10.0. The first-order valence-electron chi connectivity index (χ1n) is 33.7. The van der Waals surface area contributed by atoms with E-state index < -0.39 is 6.10 Å². The van der Waals surface area contributed by atoms with Crippen LogP contribution < -0.4 is 0 Å². The Kier molecular flexibility index (Phi) is 63.7. The molecular weight excluding hydrogens is 973 g/mol. The van der Waals surface area contributed by atoms with E-state index in [2.05, 4.69) is 118 Å². The second kappa shape index (κ2) is 66.8. The lowest BCUT2D eigenvalue weighted by Crippen LogP contribution is -2.30. The highest BCUT2D eigenvalue weighted by Gasteiger charge is 2.19. The smallest absolute Gasteiger partial charge is 0.306 e. The maximum Gasteiger partial charge on any atom is 0.306 e. The van der Waals surface area contributed by atoms with Crippen molar-refractivity contribution >= 4 is 17.9 Å². The highest BCUT2D eigenvalue weighted by molar-refractivity contribution is 5.71. The predicted molar refractivity (Wildman–Crippen MR) is 344 cm³/mol. The zero-order chi connectivity index (χ0) is 57.1. The Hall–Kier alpha value is -3.67. The summed E-state index contributed by atoms with van der Waals surface area (Å²) in [7, 11) is 0. The van der Waals surface area contributed by atoms with Gasteiger partial charge in [-0.1, -0.05) is 311 Å². The summed E-state index contributed by atoms with van der Waals surface area (Å²) in [6.45, 7) is 6.48. The maximum atomic E-state index is 12.9. The molecule has 0 saturated carbocycles. The molecule has 0 radical (unpaired) electrons. The average molecular weight is 1100 g/mol. The third-order valence-corrected chi connectivity index (χ3v) is 14.6. The minimum Gasteiger partial charge on any atom is -0.462 e. The fourth-order valence-electron chi connectivity index (χ4n) is 9.55. The van der Waals surface area contributed by atoms with E-state index in [4.69, 9.17) is 14.2 Å². The topological polar surface area (TPSA) is 78.9 Å². The Labute approximate surface area is 489 Å². The van der Waals surface area contributed by atoms with Crippen molar-refractivity contribution in [1.29, 1.82) is 0 Å². The molecule has 454 valence electrons. The van der Waals surface area contributed by atoms with Gasteiger partial charge in [0.25, 0.3) is 0 Å². The summed E-state index contributed by atoms with van der Waals surface area (Å²) >= 11 is 0. The van der Waals surface area contributed by atoms with Crippen LogP contribution in [-0.4, -0.2) is 37.2 Å². The predicted octanol–water partition coefficient (Wildman–Crippen LogP) is 23.2. The summed E-state index contributed by atoms with van der Waals surface area (Å²) in [5.41, 5.74) is 0. The number of carbonyl (C=O) groups excluding carboxylic acids is 3. The van der Waals surface area contributed by atoms with Crippen LogP contribution in [-0.2, 0) is 28.6 Å². The quantitative estimate of drug-likeness (QED) is 0.0261. The summed E-state index contributed by atoms with van der Waals surface area (Å²) in [6.07, 6.45) is 90.0. The third-order valence-electron chi connectivity index (χ3n) is 14.6. The molecule has 0 heterocycles. The van der Waals surface area contributed by atoms with Gasteiger partial charge >= 0.3 is 17.9 Å². The van der Waals surface area contributed by atoms with Crippen molar-refractivity contribution < 1.29 is 28.6 Å². The molecule has 0 aliphatic rings. The van der Waals surface area contributed by atoms with Crippen molar-refractivity contribution in [3.63, 3.8) is 0 Å². The van der Waals surface area contributed by atoms with Crippen LogP contribution in [0.4, 0.5) is 0 Å². The van der Waals surface area contributed by atoms with E-state index in [0.29, 0.717) is 19.3 Å². The second-order valence-corrected chi connectivity index (χ2v) is 22.4. The molecule has 6 nitrogen and oxygen atoms in total. The Bertz CT molecular complexity index is 1540. The summed E-state index contributed by atoms with van der Waals surface area (Å²) < 4.78 is 16.9. The van der Waals surface area contributed by atoms with Crippen molar-refractivity contribution in [3.8, 4) is 0 Å². The van der Waals surface area contributed by atoms with Gasteiger partial charge in [0.05, 0.1) is 0 Å². The van der Waals surface area contributed by atoms with Crippen molar-refractivity contribution in [2.24, 2.45) is 0 Å². The van der Waals surface area contributed by atoms with Gasteiger partial charge < -0.3 is 14.2 Å². The van der Waals surface area contributed by atoms with Gasteiger partial charge in [0.2, 0.25) is 0 Å². The molecule has 0 saturated heterocycles. The molecule has 0 aromatic heterocycles. The first-order chi connectivity index (χ1) is 39.0. The Morgan fingerprint density at radius 2 is 0.519 bits per heavy atom. The zero-order valence-electron chi connectivity index (χ0n) is 52.1. The summed E-state index contributed by atoms with van der Waals surface area (Å²) in [5.74, 6) is -0.879. The molecule has 0 aliphatic heterocycles. The molecule has 0 N–H and O–H groups in total. The normalized spacial score (nSPS) is 12.7. The van der Waals surface area contributed by atoms with Gasteiger partial charge in [-0.15, -0.1) is 0 Å². The summed E-state index contributed by atoms with van der Waals surface area (Å²) in [6, 6.07) is 0. The number of ether oxygens (including phenoxy) is 3. The molecule has 79 heavy (non-hydrogen) atoms. The van der Waals surface area contributed by atoms with Crippen LogP contribution in [0.3, 0.4) is 0 Å². The van der Waals surface area contributed by atoms with E-state index in [1.54, 1.807) is 0 Å².